The number of anilines is 1. The number of rotatable bonds is 5. The average molecular weight is 587 g/mol. The number of hydrogen-bond donors (Lipinski definition) is 1. The molecule has 1 heterocycles. The van der Waals surface area contributed by atoms with Gasteiger partial charge in [0.05, 0.1) is 30.5 Å². The maximum atomic E-state index is 13.8. The Morgan fingerprint density at radius 1 is 0.976 bits per heavy atom. The summed E-state index contributed by atoms with van der Waals surface area (Å²) < 4.78 is 49.0. The number of fused-ring (bicyclic) bond motifs is 1. The molecule has 1 N–H and O–H groups in total. The molecule has 7 nitrogen and oxygen atoms in total. The lowest BCUT2D eigenvalue weighted by molar-refractivity contribution is -0.137. The van der Waals surface area contributed by atoms with Crippen molar-refractivity contribution in [1.29, 1.82) is 0 Å². The van der Waals surface area contributed by atoms with Crippen molar-refractivity contribution < 1.29 is 37.0 Å². The van der Waals surface area contributed by atoms with Crippen LogP contribution in [0.3, 0.4) is 0 Å². The molecule has 3 aromatic carbocycles. The first kappa shape index (κ1) is 30.0. The lowest BCUT2D eigenvalue weighted by Crippen LogP contribution is -2.50. The number of thioether (sulfide) groups is 1. The molecule has 0 fully saturated rings. The van der Waals surface area contributed by atoms with Crippen LogP contribution in [-0.2, 0) is 27.0 Å². The standard InChI is InChI=1S/C30H29F3N2O5S/c1-29(2,3)40-28(38)34-23-17-41-25-14-11-21(27(37)39-4)15-24(25)35(26(23)36)16-18-5-7-19(8-6-18)20-9-12-22(13-10-20)30(31,32)33/h5-15,23H,16-17H2,1-4H3,(H,34,38)/t23-/m0/s1. The summed E-state index contributed by atoms with van der Waals surface area (Å²) in [6.45, 7) is 5.28. The molecule has 0 radical (unpaired) electrons. The molecule has 1 aliphatic heterocycles. The van der Waals surface area contributed by atoms with Crippen LogP contribution in [0, 0.1) is 0 Å². The van der Waals surface area contributed by atoms with E-state index in [2.05, 4.69) is 5.32 Å². The van der Waals surface area contributed by atoms with Gasteiger partial charge in [0.15, 0.2) is 0 Å². The third kappa shape index (κ3) is 7.40. The van der Waals surface area contributed by atoms with Crippen molar-refractivity contribution in [1.82, 2.24) is 5.32 Å². The molecule has 0 aliphatic carbocycles. The minimum absolute atomic E-state index is 0.108. The fourth-order valence-corrected chi connectivity index (χ4v) is 5.25. The Balaban J connectivity index is 1.63. The third-order valence-corrected chi connectivity index (χ3v) is 7.33. The van der Waals surface area contributed by atoms with Crippen molar-refractivity contribution in [3.8, 4) is 11.1 Å². The predicted molar refractivity (Wildman–Crippen MR) is 150 cm³/mol. The Labute approximate surface area is 240 Å². The van der Waals surface area contributed by atoms with Gasteiger partial charge in [-0.3, -0.25) is 4.79 Å². The number of nitrogens with one attached hydrogen (secondary N) is 1. The fourth-order valence-electron chi connectivity index (χ4n) is 4.20. The molecule has 0 saturated carbocycles. The largest absolute Gasteiger partial charge is 0.465 e. The Bertz CT molecular complexity index is 1430. The van der Waals surface area contributed by atoms with E-state index in [1.165, 1.54) is 35.9 Å². The minimum Gasteiger partial charge on any atom is -0.465 e. The first-order valence-corrected chi connectivity index (χ1v) is 13.7. The monoisotopic (exact) mass is 586 g/mol. The highest BCUT2D eigenvalue weighted by Crippen LogP contribution is 2.37. The second-order valence-electron chi connectivity index (χ2n) is 10.4. The third-order valence-electron chi connectivity index (χ3n) is 6.17. The predicted octanol–water partition coefficient (Wildman–Crippen LogP) is 6.69. The van der Waals surface area contributed by atoms with E-state index in [-0.39, 0.29) is 17.9 Å². The van der Waals surface area contributed by atoms with E-state index in [0.717, 1.165) is 22.6 Å². The first-order valence-electron chi connectivity index (χ1n) is 12.7. The Hall–Kier alpha value is -3.99. The molecular formula is C30H29F3N2O5S. The topological polar surface area (TPSA) is 84.9 Å². The van der Waals surface area contributed by atoms with Gasteiger partial charge >= 0.3 is 18.2 Å². The smallest absolute Gasteiger partial charge is 0.416 e. The van der Waals surface area contributed by atoms with Gasteiger partial charge in [0.1, 0.15) is 11.6 Å². The summed E-state index contributed by atoms with van der Waals surface area (Å²) in [4.78, 5) is 40.8. The minimum atomic E-state index is -4.42. The number of alkyl carbamates (subject to hydrolysis) is 1. The number of ether oxygens (including phenoxy) is 2. The van der Waals surface area contributed by atoms with Gasteiger partial charge in [-0.05, 0) is 67.8 Å². The van der Waals surface area contributed by atoms with Gasteiger partial charge in [-0.15, -0.1) is 11.8 Å². The molecule has 11 heteroatoms. The fraction of sp³-hybridized carbons (Fsp3) is 0.300. The van der Waals surface area contributed by atoms with E-state index in [1.54, 1.807) is 63.2 Å². The van der Waals surface area contributed by atoms with E-state index in [9.17, 15) is 27.6 Å². The van der Waals surface area contributed by atoms with Gasteiger partial charge in [-0.25, -0.2) is 9.59 Å². The Kier molecular flexibility index (Phi) is 8.67. The van der Waals surface area contributed by atoms with Crippen molar-refractivity contribution in [2.75, 3.05) is 17.8 Å². The maximum Gasteiger partial charge on any atom is 0.416 e. The molecule has 1 aliphatic rings. The number of carbonyl (C=O) groups excluding carboxylic acids is 3. The summed E-state index contributed by atoms with van der Waals surface area (Å²) in [6.07, 6.45) is -5.14. The van der Waals surface area contributed by atoms with Gasteiger partial charge in [0, 0.05) is 10.6 Å². The second-order valence-corrected chi connectivity index (χ2v) is 11.4. The Morgan fingerprint density at radius 3 is 2.15 bits per heavy atom. The number of esters is 1. The SMILES string of the molecule is COC(=O)c1ccc2c(c1)N(Cc1ccc(-c3ccc(C(F)(F)F)cc3)cc1)C(=O)[C@@H](NC(=O)OC(C)(C)C)CS2. The van der Waals surface area contributed by atoms with Crippen molar-refractivity contribution in [2.45, 2.75) is 50.0 Å². The number of carbonyl (C=O) groups is 3. The zero-order chi connectivity index (χ0) is 29.9. The quantitative estimate of drug-likeness (QED) is 0.336. The highest BCUT2D eigenvalue weighted by atomic mass is 32.2. The summed E-state index contributed by atoms with van der Waals surface area (Å²) >= 11 is 1.36. The molecule has 216 valence electrons. The zero-order valence-electron chi connectivity index (χ0n) is 22.9. The molecule has 3 aromatic rings. The molecular weight excluding hydrogens is 557 g/mol. The molecule has 0 spiro atoms. The highest BCUT2D eigenvalue weighted by Gasteiger charge is 2.34. The average Bonchev–Trinajstić information content (AvgIpc) is 3.03. The molecule has 41 heavy (non-hydrogen) atoms. The number of hydrogen-bond acceptors (Lipinski definition) is 6. The van der Waals surface area contributed by atoms with Crippen LogP contribution in [0.15, 0.2) is 71.6 Å². The summed E-state index contributed by atoms with van der Waals surface area (Å²) in [7, 11) is 1.27. The van der Waals surface area contributed by atoms with Crippen molar-refractivity contribution in [3.63, 3.8) is 0 Å². The van der Waals surface area contributed by atoms with Crippen LogP contribution in [0.5, 0.6) is 0 Å². The van der Waals surface area contributed by atoms with E-state index in [1.807, 2.05) is 0 Å². The Morgan fingerprint density at radius 2 is 1.59 bits per heavy atom. The van der Waals surface area contributed by atoms with E-state index < -0.39 is 41.4 Å². The van der Waals surface area contributed by atoms with Crippen molar-refractivity contribution >= 4 is 35.4 Å². The van der Waals surface area contributed by atoms with Crippen LogP contribution in [0.2, 0.25) is 0 Å². The van der Waals surface area contributed by atoms with E-state index >= 15 is 0 Å². The lowest BCUT2D eigenvalue weighted by atomic mass is 10.0. The van der Waals surface area contributed by atoms with E-state index in [4.69, 9.17) is 9.47 Å². The molecule has 1 atom stereocenters. The van der Waals surface area contributed by atoms with Crippen molar-refractivity contribution in [3.05, 3.63) is 83.4 Å². The molecule has 4 rings (SSSR count). The number of alkyl halides is 3. The van der Waals surface area contributed by atoms with Gasteiger partial charge in [0.2, 0.25) is 0 Å². The molecule has 2 amide bonds. The first-order chi connectivity index (χ1) is 19.2. The lowest BCUT2D eigenvalue weighted by Gasteiger charge is -2.27. The summed E-state index contributed by atoms with van der Waals surface area (Å²) in [5.41, 5.74) is 1.32. The normalized spacial score (nSPS) is 15.5. The van der Waals surface area contributed by atoms with Crippen molar-refractivity contribution in [2.24, 2.45) is 0 Å². The van der Waals surface area contributed by atoms with Gasteiger partial charge in [-0.1, -0.05) is 36.4 Å². The number of nitrogens with zero attached hydrogens (tertiary/aromatic N) is 1. The van der Waals surface area contributed by atoms with Crippen LogP contribution in [0.25, 0.3) is 11.1 Å². The molecule has 0 bridgehead atoms. The van der Waals surface area contributed by atoms with Gasteiger partial charge in [0.25, 0.3) is 5.91 Å². The summed E-state index contributed by atoms with van der Waals surface area (Å²) in [5, 5.41) is 2.67. The van der Waals surface area contributed by atoms with Crippen LogP contribution in [0.4, 0.5) is 23.7 Å². The van der Waals surface area contributed by atoms with Crippen LogP contribution in [-0.4, -0.2) is 42.5 Å². The van der Waals surface area contributed by atoms with Gasteiger partial charge < -0.3 is 19.7 Å². The summed E-state index contributed by atoms with van der Waals surface area (Å²) in [6, 6.07) is 16.0. The van der Waals surface area contributed by atoms with E-state index in [0.29, 0.717) is 16.8 Å². The maximum absolute atomic E-state index is 13.8. The van der Waals surface area contributed by atoms with Gasteiger partial charge in [-0.2, -0.15) is 13.2 Å². The highest BCUT2D eigenvalue weighted by molar-refractivity contribution is 7.99. The molecule has 0 unspecified atom stereocenters. The number of methoxy groups -OCH3 is 1. The number of amides is 2. The molecule has 0 saturated heterocycles. The van der Waals surface area contributed by atoms with Crippen LogP contribution >= 0.6 is 11.8 Å². The second kappa shape index (κ2) is 11.9. The van der Waals surface area contributed by atoms with Crippen LogP contribution in [0.1, 0.15) is 42.3 Å². The number of halogens is 3. The summed E-state index contributed by atoms with van der Waals surface area (Å²) in [5.74, 6) is -0.707. The zero-order valence-corrected chi connectivity index (χ0v) is 23.7. The molecule has 0 aromatic heterocycles. The van der Waals surface area contributed by atoms with Crippen LogP contribution < -0.4 is 10.2 Å². The number of benzene rings is 3.